The van der Waals surface area contributed by atoms with Crippen LogP contribution in [0.1, 0.15) is 24.0 Å². The fraction of sp³-hybridized carbons (Fsp3) is 0.538. The molecule has 6 heteroatoms. The maximum Gasteiger partial charge on any atom is 0.240 e. The van der Waals surface area contributed by atoms with Gasteiger partial charge in [-0.15, -0.1) is 0 Å². The van der Waals surface area contributed by atoms with Crippen molar-refractivity contribution in [3.05, 3.63) is 29.3 Å². The highest BCUT2D eigenvalue weighted by atomic mass is 32.2. The minimum Gasteiger partial charge on any atom is -0.392 e. The van der Waals surface area contributed by atoms with Crippen molar-refractivity contribution in [3.8, 4) is 0 Å². The van der Waals surface area contributed by atoms with Gasteiger partial charge in [0.2, 0.25) is 10.0 Å². The number of hydrogen-bond acceptors (Lipinski definition) is 4. The van der Waals surface area contributed by atoms with Crippen LogP contribution >= 0.6 is 0 Å². The second kappa shape index (κ2) is 6.00. The molecule has 2 rings (SSSR count). The Balaban J connectivity index is 2.18. The van der Waals surface area contributed by atoms with E-state index in [-0.39, 0.29) is 17.5 Å². The molecule has 1 aromatic carbocycles. The second-order valence-corrected chi connectivity index (χ2v) is 6.50. The molecule has 1 unspecified atom stereocenters. The Bertz CT molecular complexity index is 536. The number of aliphatic hydroxyl groups excluding tert-OH is 1. The van der Waals surface area contributed by atoms with Crippen molar-refractivity contribution in [2.24, 2.45) is 0 Å². The van der Waals surface area contributed by atoms with E-state index in [0.717, 1.165) is 18.4 Å². The lowest BCUT2D eigenvalue weighted by atomic mass is 10.1. The van der Waals surface area contributed by atoms with E-state index in [9.17, 15) is 13.5 Å². The van der Waals surface area contributed by atoms with Gasteiger partial charge in [0.1, 0.15) is 0 Å². The predicted molar refractivity (Wildman–Crippen MR) is 71.3 cm³/mol. The zero-order chi connectivity index (χ0) is 13.9. The van der Waals surface area contributed by atoms with Gasteiger partial charge in [-0.2, -0.15) is 0 Å². The SMILES string of the molecule is Cc1ccc(S(=O)(=O)NC2CCCOC2)cc1CO. The summed E-state index contributed by atoms with van der Waals surface area (Å²) in [4.78, 5) is 0.188. The Kier molecular flexibility index (Phi) is 4.57. The summed E-state index contributed by atoms with van der Waals surface area (Å²) >= 11 is 0. The number of rotatable bonds is 4. The molecule has 0 aliphatic carbocycles. The summed E-state index contributed by atoms with van der Waals surface area (Å²) in [6.07, 6.45) is 1.65. The lowest BCUT2D eigenvalue weighted by molar-refractivity contribution is 0.0774. The van der Waals surface area contributed by atoms with Crippen LogP contribution in [0, 0.1) is 6.92 Å². The van der Waals surface area contributed by atoms with Gasteiger partial charge < -0.3 is 9.84 Å². The maximum absolute atomic E-state index is 12.2. The van der Waals surface area contributed by atoms with Crippen molar-refractivity contribution in [1.29, 1.82) is 0 Å². The van der Waals surface area contributed by atoms with Crippen LogP contribution < -0.4 is 4.72 Å². The molecule has 2 N–H and O–H groups in total. The molecular formula is C13H19NO4S. The van der Waals surface area contributed by atoms with E-state index in [1.807, 2.05) is 6.92 Å². The highest BCUT2D eigenvalue weighted by Gasteiger charge is 2.22. The Labute approximate surface area is 113 Å². The van der Waals surface area contributed by atoms with Gasteiger partial charge in [0, 0.05) is 12.6 Å². The van der Waals surface area contributed by atoms with Crippen LogP contribution in [-0.4, -0.2) is 32.8 Å². The van der Waals surface area contributed by atoms with Gasteiger partial charge >= 0.3 is 0 Å². The van der Waals surface area contributed by atoms with Crippen LogP contribution in [0.15, 0.2) is 23.1 Å². The maximum atomic E-state index is 12.2. The van der Waals surface area contributed by atoms with Crippen LogP contribution in [0.3, 0.4) is 0 Å². The topological polar surface area (TPSA) is 75.6 Å². The average Bonchev–Trinajstić information content (AvgIpc) is 2.39. The summed E-state index contributed by atoms with van der Waals surface area (Å²) in [5.74, 6) is 0. The first-order chi connectivity index (χ1) is 9.03. The Morgan fingerprint density at radius 1 is 1.47 bits per heavy atom. The quantitative estimate of drug-likeness (QED) is 0.863. The molecule has 1 heterocycles. The number of aryl methyl sites for hydroxylation is 1. The summed E-state index contributed by atoms with van der Waals surface area (Å²) in [5, 5.41) is 9.19. The molecule has 1 atom stereocenters. The molecule has 1 aliphatic rings. The van der Waals surface area contributed by atoms with E-state index in [0.29, 0.717) is 18.8 Å². The predicted octanol–water partition coefficient (Wildman–Crippen LogP) is 0.945. The molecule has 1 aliphatic heterocycles. The van der Waals surface area contributed by atoms with E-state index in [1.54, 1.807) is 12.1 Å². The Morgan fingerprint density at radius 2 is 2.26 bits per heavy atom. The zero-order valence-electron chi connectivity index (χ0n) is 10.9. The van der Waals surface area contributed by atoms with Gasteiger partial charge in [-0.25, -0.2) is 13.1 Å². The van der Waals surface area contributed by atoms with Gasteiger partial charge in [0.15, 0.2) is 0 Å². The first-order valence-electron chi connectivity index (χ1n) is 6.33. The molecule has 0 amide bonds. The number of aliphatic hydroxyl groups is 1. The normalized spacial score (nSPS) is 20.4. The Hall–Kier alpha value is -0.950. The van der Waals surface area contributed by atoms with Crippen LogP contribution in [0.4, 0.5) is 0 Å². The molecular weight excluding hydrogens is 266 g/mol. The van der Waals surface area contributed by atoms with Crippen molar-refractivity contribution in [1.82, 2.24) is 4.72 Å². The fourth-order valence-corrected chi connectivity index (χ4v) is 3.41. The number of ether oxygens (including phenoxy) is 1. The first kappa shape index (κ1) is 14.5. The van der Waals surface area contributed by atoms with Crippen molar-refractivity contribution < 1.29 is 18.3 Å². The van der Waals surface area contributed by atoms with E-state index < -0.39 is 10.0 Å². The first-order valence-corrected chi connectivity index (χ1v) is 7.82. The third kappa shape index (κ3) is 3.54. The summed E-state index contributed by atoms with van der Waals surface area (Å²) in [5.41, 5.74) is 1.50. The average molecular weight is 285 g/mol. The molecule has 0 saturated carbocycles. The second-order valence-electron chi connectivity index (χ2n) is 4.78. The summed E-state index contributed by atoms with van der Waals surface area (Å²) < 4.78 is 32.4. The summed E-state index contributed by atoms with van der Waals surface area (Å²) in [7, 11) is -3.55. The van der Waals surface area contributed by atoms with E-state index in [4.69, 9.17) is 4.74 Å². The monoisotopic (exact) mass is 285 g/mol. The highest BCUT2D eigenvalue weighted by molar-refractivity contribution is 7.89. The number of sulfonamides is 1. The standard InChI is InChI=1S/C13H19NO4S/c1-10-4-5-13(7-11(10)8-15)19(16,17)14-12-3-2-6-18-9-12/h4-5,7,12,14-15H,2-3,6,8-9H2,1H3. The lowest BCUT2D eigenvalue weighted by Crippen LogP contribution is -2.40. The van der Waals surface area contributed by atoms with Crippen molar-refractivity contribution in [3.63, 3.8) is 0 Å². The third-order valence-corrected chi connectivity index (χ3v) is 4.80. The molecule has 1 aromatic rings. The zero-order valence-corrected chi connectivity index (χ0v) is 11.7. The van der Waals surface area contributed by atoms with Crippen LogP contribution in [0.5, 0.6) is 0 Å². The molecule has 1 fully saturated rings. The fourth-order valence-electron chi connectivity index (χ4n) is 2.11. The highest BCUT2D eigenvalue weighted by Crippen LogP contribution is 2.17. The van der Waals surface area contributed by atoms with Gasteiger partial charge in [0.25, 0.3) is 0 Å². The van der Waals surface area contributed by atoms with Gasteiger partial charge in [-0.05, 0) is 43.0 Å². The summed E-state index contributed by atoms with van der Waals surface area (Å²) in [6, 6.07) is 4.61. The van der Waals surface area contributed by atoms with Crippen molar-refractivity contribution >= 4 is 10.0 Å². The van der Waals surface area contributed by atoms with Crippen LogP contribution in [0.25, 0.3) is 0 Å². The molecule has 0 bridgehead atoms. The molecule has 5 nitrogen and oxygen atoms in total. The minimum atomic E-state index is -3.55. The van der Waals surface area contributed by atoms with Crippen molar-refractivity contribution in [2.45, 2.75) is 37.3 Å². The van der Waals surface area contributed by atoms with Gasteiger partial charge in [-0.1, -0.05) is 6.07 Å². The van der Waals surface area contributed by atoms with E-state index >= 15 is 0 Å². The largest absolute Gasteiger partial charge is 0.392 e. The lowest BCUT2D eigenvalue weighted by Gasteiger charge is -2.23. The van der Waals surface area contributed by atoms with Gasteiger partial charge in [-0.3, -0.25) is 0 Å². The molecule has 106 valence electrons. The number of nitrogens with one attached hydrogen (secondary N) is 1. The van der Waals surface area contributed by atoms with E-state index in [1.165, 1.54) is 6.07 Å². The third-order valence-electron chi connectivity index (χ3n) is 3.28. The van der Waals surface area contributed by atoms with Crippen LogP contribution in [-0.2, 0) is 21.4 Å². The minimum absolute atomic E-state index is 0.165. The van der Waals surface area contributed by atoms with Crippen molar-refractivity contribution in [2.75, 3.05) is 13.2 Å². The Morgan fingerprint density at radius 3 is 2.89 bits per heavy atom. The molecule has 1 saturated heterocycles. The molecule has 0 radical (unpaired) electrons. The number of benzene rings is 1. The number of hydrogen-bond donors (Lipinski definition) is 2. The summed E-state index contributed by atoms with van der Waals surface area (Å²) in [6.45, 7) is 2.78. The van der Waals surface area contributed by atoms with E-state index in [2.05, 4.69) is 4.72 Å². The molecule has 0 aromatic heterocycles. The van der Waals surface area contributed by atoms with Gasteiger partial charge in [0.05, 0.1) is 18.1 Å². The van der Waals surface area contributed by atoms with Crippen LogP contribution in [0.2, 0.25) is 0 Å². The smallest absolute Gasteiger partial charge is 0.240 e. The molecule has 19 heavy (non-hydrogen) atoms. The molecule has 0 spiro atoms.